The Kier molecular flexibility index (Phi) is 5.71. The van der Waals surface area contributed by atoms with E-state index >= 15 is 0 Å². The van der Waals surface area contributed by atoms with Gasteiger partial charge >= 0.3 is 0 Å². The molecule has 1 heterocycles. The Labute approximate surface area is 140 Å². The third-order valence-electron chi connectivity index (χ3n) is 3.64. The number of thioether (sulfide) groups is 1. The summed E-state index contributed by atoms with van der Waals surface area (Å²) in [5.41, 5.74) is 0.792. The molecule has 0 spiro atoms. The number of amides is 2. The highest BCUT2D eigenvalue weighted by atomic mass is 32.2. The number of carbonyl (C=O) groups excluding carboxylic acids is 2. The van der Waals surface area contributed by atoms with E-state index in [4.69, 9.17) is 9.47 Å². The maximum atomic E-state index is 12.4. The molecule has 1 aromatic carbocycles. The maximum absolute atomic E-state index is 12.4. The largest absolute Gasteiger partial charge is 0.493 e. The van der Waals surface area contributed by atoms with Crippen LogP contribution in [-0.4, -0.2) is 35.8 Å². The van der Waals surface area contributed by atoms with Gasteiger partial charge in [0.25, 0.3) is 11.1 Å². The highest BCUT2D eigenvalue weighted by Crippen LogP contribution is 2.35. The molecule has 1 aliphatic rings. The monoisotopic (exact) mass is 335 g/mol. The van der Waals surface area contributed by atoms with Crippen LogP contribution < -0.4 is 9.47 Å². The molecule has 1 saturated heterocycles. The first kappa shape index (κ1) is 17.4. The number of rotatable bonds is 6. The van der Waals surface area contributed by atoms with Gasteiger partial charge in [0.1, 0.15) is 0 Å². The van der Waals surface area contributed by atoms with Crippen molar-refractivity contribution >= 4 is 29.0 Å². The molecule has 0 aliphatic carbocycles. The summed E-state index contributed by atoms with van der Waals surface area (Å²) in [7, 11) is 1.57. The number of benzene rings is 1. The van der Waals surface area contributed by atoms with E-state index < -0.39 is 0 Å². The second-order valence-corrected chi connectivity index (χ2v) is 6.15. The molecule has 2 rings (SSSR count). The fourth-order valence-corrected chi connectivity index (χ4v) is 3.17. The van der Waals surface area contributed by atoms with Crippen LogP contribution in [0.25, 0.3) is 6.08 Å². The summed E-state index contributed by atoms with van der Waals surface area (Å²) in [6.07, 6.45) is 2.45. The van der Waals surface area contributed by atoms with Crippen molar-refractivity contribution in [3.8, 4) is 11.5 Å². The Bertz CT molecular complexity index is 641. The Morgan fingerprint density at radius 3 is 2.61 bits per heavy atom. The van der Waals surface area contributed by atoms with E-state index in [-0.39, 0.29) is 17.2 Å². The second-order valence-electron chi connectivity index (χ2n) is 5.15. The van der Waals surface area contributed by atoms with Gasteiger partial charge in [-0.2, -0.15) is 0 Å². The lowest BCUT2D eigenvalue weighted by Crippen LogP contribution is -2.36. The van der Waals surface area contributed by atoms with Crippen LogP contribution in [0.15, 0.2) is 23.1 Å². The minimum absolute atomic E-state index is 0.0942. The number of ether oxygens (including phenoxy) is 2. The van der Waals surface area contributed by atoms with E-state index in [1.54, 1.807) is 25.3 Å². The van der Waals surface area contributed by atoms with Crippen LogP contribution in [0.4, 0.5) is 4.79 Å². The van der Waals surface area contributed by atoms with Crippen LogP contribution in [0.2, 0.25) is 0 Å². The van der Waals surface area contributed by atoms with Crippen LogP contribution >= 0.6 is 11.8 Å². The molecular weight excluding hydrogens is 314 g/mol. The molecule has 2 amide bonds. The lowest BCUT2D eigenvalue weighted by Gasteiger charge is -2.19. The number of methoxy groups -OCH3 is 1. The van der Waals surface area contributed by atoms with E-state index in [1.165, 1.54) is 4.90 Å². The van der Waals surface area contributed by atoms with Crippen LogP contribution in [0.3, 0.4) is 0 Å². The van der Waals surface area contributed by atoms with Crippen molar-refractivity contribution in [2.24, 2.45) is 0 Å². The molecule has 1 fully saturated rings. The average molecular weight is 335 g/mol. The van der Waals surface area contributed by atoms with E-state index in [0.29, 0.717) is 23.0 Å². The SMILES string of the molecule is CCOc1ccc(/C=C2\SC(=O)N([C@H](C)CC)C2=O)cc1OC. The standard InChI is InChI=1S/C17H21NO4S/c1-5-11(3)18-16(19)15(23-17(18)20)10-12-7-8-13(22-6-2)14(9-12)21-4/h7-11H,5-6H2,1-4H3/b15-10-/t11-/m1/s1. The summed E-state index contributed by atoms with van der Waals surface area (Å²) in [6, 6.07) is 5.34. The molecule has 0 saturated carbocycles. The van der Waals surface area contributed by atoms with Crippen molar-refractivity contribution in [1.82, 2.24) is 4.90 Å². The fourth-order valence-electron chi connectivity index (χ4n) is 2.24. The summed E-state index contributed by atoms with van der Waals surface area (Å²) < 4.78 is 10.8. The molecule has 5 nitrogen and oxygen atoms in total. The number of imide groups is 1. The van der Waals surface area contributed by atoms with Crippen LogP contribution in [0, 0.1) is 0 Å². The number of carbonyl (C=O) groups is 2. The van der Waals surface area contributed by atoms with Gasteiger partial charge in [-0.15, -0.1) is 0 Å². The first-order chi connectivity index (χ1) is 11.0. The minimum atomic E-state index is -0.234. The van der Waals surface area contributed by atoms with Gasteiger partial charge in [0.2, 0.25) is 0 Å². The van der Waals surface area contributed by atoms with Crippen molar-refractivity contribution in [2.45, 2.75) is 33.2 Å². The molecule has 0 N–H and O–H groups in total. The molecule has 0 radical (unpaired) electrons. The predicted octanol–water partition coefficient (Wildman–Crippen LogP) is 3.93. The van der Waals surface area contributed by atoms with E-state index in [0.717, 1.165) is 23.7 Å². The van der Waals surface area contributed by atoms with Crippen molar-refractivity contribution in [3.05, 3.63) is 28.7 Å². The topological polar surface area (TPSA) is 55.8 Å². The lowest BCUT2D eigenvalue weighted by molar-refractivity contribution is -0.124. The summed E-state index contributed by atoms with van der Waals surface area (Å²) in [5.74, 6) is 1.02. The molecule has 0 bridgehead atoms. The molecule has 0 aromatic heterocycles. The Morgan fingerprint density at radius 2 is 2.00 bits per heavy atom. The van der Waals surface area contributed by atoms with Gasteiger partial charge in [0.15, 0.2) is 11.5 Å². The van der Waals surface area contributed by atoms with Gasteiger partial charge in [-0.1, -0.05) is 13.0 Å². The molecule has 1 aromatic rings. The third kappa shape index (κ3) is 3.69. The Hall–Kier alpha value is -1.95. The first-order valence-corrected chi connectivity index (χ1v) is 8.41. The number of hydrogen-bond donors (Lipinski definition) is 0. The van der Waals surface area contributed by atoms with Gasteiger partial charge < -0.3 is 9.47 Å². The van der Waals surface area contributed by atoms with Crippen molar-refractivity contribution in [1.29, 1.82) is 0 Å². The smallest absolute Gasteiger partial charge is 0.293 e. The van der Waals surface area contributed by atoms with Gasteiger partial charge in [-0.25, -0.2) is 0 Å². The fraction of sp³-hybridized carbons (Fsp3) is 0.412. The molecule has 1 aliphatic heterocycles. The highest BCUT2D eigenvalue weighted by Gasteiger charge is 2.37. The van der Waals surface area contributed by atoms with Crippen molar-refractivity contribution in [2.75, 3.05) is 13.7 Å². The Balaban J connectivity index is 2.28. The second kappa shape index (κ2) is 7.55. The molecular formula is C17H21NO4S. The lowest BCUT2D eigenvalue weighted by atomic mass is 10.1. The highest BCUT2D eigenvalue weighted by molar-refractivity contribution is 8.18. The normalized spacial score (nSPS) is 17.7. The zero-order valence-electron chi connectivity index (χ0n) is 13.8. The summed E-state index contributed by atoms with van der Waals surface area (Å²) in [4.78, 5) is 26.2. The number of nitrogens with zero attached hydrogens (tertiary/aromatic N) is 1. The maximum Gasteiger partial charge on any atom is 0.293 e. The molecule has 0 unspecified atom stereocenters. The van der Waals surface area contributed by atoms with Crippen LogP contribution in [-0.2, 0) is 4.79 Å². The zero-order valence-corrected chi connectivity index (χ0v) is 14.6. The zero-order chi connectivity index (χ0) is 17.0. The molecule has 6 heteroatoms. The molecule has 1 atom stereocenters. The van der Waals surface area contributed by atoms with Crippen LogP contribution in [0.5, 0.6) is 11.5 Å². The summed E-state index contributed by atoms with van der Waals surface area (Å²) >= 11 is 0.975. The van der Waals surface area contributed by atoms with Gasteiger partial charge in [-0.05, 0) is 55.8 Å². The summed E-state index contributed by atoms with van der Waals surface area (Å²) in [5, 5.41) is -0.214. The van der Waals surface area contributed by atoms with Crippen molar-refractivity contribution in [3.63, 3.8) is 0 Å². The van der Waals surface area contributed by atoms with E-state index in [9.17, 15) is 9.59 Å². The predicted molar refractivity (Wildman–Crippen MR) is 91.7 cm³/mol. The Morgan fingerprint density at radius 1 is 1.26 bits per heavy atom. The van der Waals surface area contributed by atoms with E-state index in [1.807, 2.05) is 26.8 Å². The van der Waals surface area contributed by atoms with Crippen LogP contribution in [0.1, 0.15) is 32.8 Å². The summed E-state index contributed by atoms with van der Waals surface area (Å²) in [6.45, 7) is 6.27. The third-order valence-corrected chi connectivity index (χ3v) is 4.52. The first-order valence-electron chi connectivity index (χ1n) is 7.59. The average Bonchev–Trinajstić information content (AvgIpc) is 2.82. The van der Waals surface area contributed by atoms with E-state index in [2.05, 4.69) is 0 Å². The van der Waals surface area contributed by atoms with Crippen molar-refractivity contribution < 1.29 is 19.1 Å². The quantitative estimate of drug-likeness (QED) is 0.737. The van der Waals surface area contributed by atoms with Gasteiger partial charge in [0.05, 0.1) is 18.6 Å². The van der Waals surface area contributed by atoms with Gasteiger partial charge in [-0.3, -0.25) is 14.5 Å². The van der Waals surface area contributed by atoms with Gasteiger partial charge in [0, 0.05) is 6.04 Å². The number of hydrogen-bond acceptors (Lipinski definition) is 5. The minimum Gasteiger partial charge on any atom is -0.493 e. The molecule has 124 valence electrons. The molecule has 23 heavy (non-hydrogen) atoms.